The van der Waals surface area contributed by atoms with E-state index in [1.165, 1.54) is 28.2 Å². The molecule has 0 spiro atoms. The molecule has 4 rings (SSSR count). The van der Waals surface area contributed by atoms with Gasteiger partial charge < -0.3 is 10.1 Å². The van der Waals surface area contributed by atoms with Crippen molar-refractivity contribution in [2.24, 2.45) is 0 Å². The van der Waals surface area contributed by atoms with Crippen molar-refractivity contribution in [3.05, 3.63) is 76.5 Å². The Morgan fingerprint density at radius 3 is 2.41 bits per heavy atom. The second-order valence-corrected chi connectivity index (χ2v) is 7.56. The summed E-state index contributed by atoms with van der Waals surface area (Å²) in [6.45, 7) is 2.12. The summed E-state index contributed by atoms with van der Waals surface area (Å²) in [6, 6.07) is 15.2. The number of thiophene rings is 1. The highest BCUT2D eigenvalue weighted by molar-refractivity contribution is 7.12. The molecular formula is C22H17F3N4O2S. The van der Waals surface area contributed by atoms with Gasteiger partial charge in [0.05, 0.1) is 22.7 Å². The molecule has 6 nitrogen and oxygen atoms in total. The highest BCUT2D eigenvalue weighted by atomic mass is 32.1. The largest absolute Gasteiger partial charge is 0.463 e. The van der Waals surface area contributed by atoms with E-state index in [-0.39, 0.29) is 11.9 Å². The van der Waals surface area contributed by atoms with Crippen molar-refractivity contribution in [2.75, 3.05) is 11.9 Å². The molecule has 0 saturated heterocycles. The van der Waals surface area contributed by atoms with Gasteiger partial charge in [-0.15, -0.1) is 16.4 Å². The number of amides is 1. The van der Waals surface area contributed by atoms with Crippen molar-refractivity contribution >= 4 is 22.9 Å². The number of ether oxygens (including phenoxy) is 1. The van der Waals surface area contributed by atoms with Crippen LogP contribution in [-0.2, 0) is 6.18 Å². The van der Waals surface area contributed by atoms with Gasteiger partial charge in [0.1, 0.15) is 0 Å². The van der Waals surface area contributed by atoms with E-state index in [2.05, 4.69) is 15.4 Å². The minimum absolute atomic E-state index is 0.109. The minimum atomic E-state index is -4.42. The molecule has 164 valence electrons. The first kappa shape index (κ1) is 21.6. The number of hydrogen-bond acceptors (Lipinski definition) is 5. The Bertz CT molecular complexity index is 1200. The Hall–Kier alpha value is -3.66. The number of carbonyl (C=O) groups is 1. The van der Waals surface area contributed by atoms with Gasteiger partial charge in [-0.05, 0) is 54.8 Å². The molecule has 32 heavy (non-hydrogen) atoms. The third-order valence-corrected chi connectivity index (χ3v) is 5.31. The summed E-state index contributed by atoms with van der Waals surface area (Å²) in [5.74, 6) is 0.120. The van der Waals surface area contributed by atoms with E-state index in [0.29, 0.717) is 34.2 Å². The monoisotopic (exact) mass is 458 g/mol. The molecular weight excluding hydrogens is 441 g/mol. The first-order valence-electron chi connectivity index (χ1n) is 9.58. The second kappa shape index (κ2) is 8.83. The van der Waals surface area contributed by atoms with Gasteiger partial charge in [0.25, 0.3) is 5.91 Å². The Balaban J connectivity index is 1.63. The van der Waals surface area contributed by atoms with Gasteiger partial charge in [0, 0.05) is 11.3 Å². The maximum atomic E-state index is 12.9. The summed E-state index contributed by atoms with van der Waals surface area (Å²) in [6.07, 6.45) is -4.42. The molecule has 1 amide bonds. The van der Waals surface area contributed by atoms with Crippen LogP contribution in [0.2, 0.25) is 0 Å². The first-order chi connectivity index (χ1) is 15.3. The molecule has 2 aromatic heterocycles. The van der Waals surface area contributed by atoms with Crippen LogP contribution in [0, 0.1) is 0 Å². The molecule has 0 saturated carbocycles. The average Bonchev–Trinajstić information content (AvgIpc) is 3.45. The molecule has 0 unspecified atom stereocenters. The fourth-order valence-corrected chi connectivity index (χ4v) is 3.56. The van der Waals surface area contributed by atoms with Crippen molar-refractivity contribution in [1.82, 2.24) is 14.8 Å². The Kier molecular flexibility index (Phi) is 5.95. The normalized spacial score (nSPS) is 11.4. The van der Waals surface area contributed by atoms with E-state index >= 15 is 0 Å². The molecule has 0 aliphatic heterocycles. The number of rotatable bonds is 6. The molecule has 0 bridgehead atoms. The number of benzene rings is 2. The Morgan fingerprint density at radius 2 is 1.81 bits per heavy atom. The molecule has 2 aromatic carbocycles. The van der Waals surface area contributed by atoms with Crippen molar-refractivity contribution < 1.29 is 22.7 Å². The lowest BCUT2D eigenvalue weighted by atomic mass is 10.1. The third-order valence-electron chi connectivity index (χ3n) is 4.45. The smallest absolute Gasteiger partial charge is 0.416 e. The van der Waals surface area contributed by atoms with Gasteiger partial charge in [-0.2, -0.15) is 18.2 Å². The van der Waals surface area contributed by atoms with Crippen molar-refractivity contribution in [3.63, 3.8) is 0 Å². The van der Waals surface area contributed by atoms with Crippen LogP contribution in [0.4, 0.5) is 18.9 Å². The summed E-state index contributed by atoms with van der Waals surface area (Å²) in [5.41, 5.74) is 0.899. The minimum Gasteiger partial charge on any atom is -0.463 e. The molecule has 1 N–H and O–H groups in total. The standard InChI is InChI=1S/C22H17F3N4O2S/c1-2-31-21-27-19(14-5-7-15(8-6-14)22(23,24)25)29(28-21)17-11-9-16(10-12-17)26-20(30)18-4-3-13-32-18/h3-13H,2H2,1H3,(H,26,30). The number of aromatic nitrogens is 3. The molecule has 4 aromatic rings. The van der Waals surface area contributed by atoms with E-state index in [1.807, 2.05) is 5.38 Å². The van der Waals surface area contributed by atoms with Gasteiger partial charge in [0.2, 0.25) is 0 Å². The highest BCUT2D eigenvalue weighted by Gasteiger charge is 2.30. The van der Waals surface area contributed by atoms with Crippen LogP contribution in [0.25, 0.3) is 17.1 Å². The summed E-state index contributed by atoms with van der Waals surface area (Å²) in [7, 11) is 0. The van der Waals surface area contributed by atoms with Gasteiger partial charge in [-0.25, -0.2) is 4.68 Å². The Labute approximate surface area is 185 Å². The first-order valence-corrected chi connectivity index (χ1v) is 10.5. The number of halogens is 3. The number of hydrogen-bond donors (Lipinski definition) is 1. The summed E-state index contributed by atoms with van der Waals surface area (Å²) in [4.78, 5) is 17.1. The highest BCUT2D eigenvalue weighted by Crippen LogP contribution is 2.31. The molecule has 0 aliphatic carbocycles. The predicted molar refractivity (Wildman–Crippen MR) is 115 cm³/mol. The molecule has 2 heterocycles. The van der Waals surface area contributed by atoms with Crippen molar-refractivity contribution in [2.45, 2.75) is 13.1 Å². The summed E-state index contributed by atoms with van der Waals surface area (Å²) >= 11 is 1.34. The van der Waals surface area contributed by atoms with E-state index in [1.54, 1.807) is 43.3 Å². The lowest BCUT2D eigenvalue weighted by molar-refractivity contribution is -0.137. The lowest BCUT2D eigenvalue weighted by Gasteiger charge is -2.09. The van der Waals surface area contributed by atoms with Crippen LogP contribution in [0.3, 0.4) is 0 Å². The summed E-state index contributed by atoms with van der Waals surface area (Å²) < 4.78 is 45.6. The van der Waals surface area contributed by atoms with Crippen molar-refractivity contribution in [3.8, 4) is 23.1 Å². The van der Waals surface area contributed by atoms with Crippen LogP contribution in [0.1, 0.15) is 22.2 Å². The lowest BCUT2D eigenvalue weighted by Crippen LogP contribution is -2.10. The van der Waals surface area contributed by atoms with E-state index in [4.69, 9.17) is 4.74 Å². The average molecular weight is 458 g/mol. The molecule has 0 fully saturated rings. The fourth-order valence-electron chi connectivity index (χ4n) is 2.95. The zero-order chi connectivity index (χ0) is 22.7. The van der Waals surface area contributed by atoms with Crippen LogP contribution in [0.5, 0.6) is 6.01 Å². The zero-order valence-corrected chi connectivity index (χ0v) is 17.6. The zero-order valence-electron chi connectivity index (χ0n) is 16.8. The van der Waals surface area contributed by atoms with Crippen LogP contribution in [0.15, 0.2) is 66.0 Å². The van der Waals surface area contributed by atoms with E-state index in [9.17, 15) is 18.0 Å². The number of carbonyl (C=O) groups excluding carboxylic acids is 1. The van der Waals surface area contributed by atoms with Gasteiger partial charge in [-0.1, -0.05) is 18.2 Å². The van der Waals surface area contributed by atoms with Crippen molar-refractivity contribution in [1.29, 1.82) is 0 Å². The van der Waals surface area contributed by atoms with E-state index < -0.39 is 11.7 Å². The number of nitrogens with zero attached hydrogens (tertiary/aromatic N) is 3. The predicted octanol–water partition coefficient (Wildman–Crippen LogP) is 5.67. The maximum Gasteiger partial charge on any atom is 0.416 e. The van der Waals surface area contributed by atoms with Gasteiger partial charge >= 0.3 is 12.2 Å². The van der Waals surface area contributed by atoms with E-state index in [0.717, 1.165) is 12.1 Å². The second-order valence-electron chi connectivity index (χ2n) is 6.62. The molecule has 0 aliphatic rings. The molecule has 0 atom stereocenters. The SMILES string of the molecule is CCOc1nc(-c2ccc(C(F)(F)F)cc2)n(-c2ccc(NC(=O)c3cccs3)cc2)n1. The Morgan fingerprint density at radius 1 is 1.09 bits per heavy atom. The number of anilines is 1. The fraction of sp³-hybridized carbons (Fsp3) is 0.136. The van der Waals surface area contributed by atoms with Crippen LogP contribution < -0.4 is 10.1 Å². The maximum absolute atomic E-state index is 12.9. The number of nitrogens with one attached hydrogen (secondary N) is 1. The molecule has 10 heteroatoms. The molecule has 0 radical (unpaired) electrons. The van der Waals surface area contributed by atoms with Crippen LogP contribution >= 0.6 is 11.3 Å². The van der Waals surface area contributed by atoms with Gasteiger partial charge in [0.15, 0.2) is 5.82 Å². The topological polar surface area (TPSA) is 69.0 Å². The summed E-state index contributed by atoms with van der Waals surface area (Å²) in [5, 5.41) is 8.96. The quantitative estimate of drug-likeness (QED) is 0.405. The number of alkyl halides is 3. The van der Waals surface area contributed by atoms with Gasteiger partial charge in [-0.3, -0.25) is 4.79 Å². The third kappa shape index (κ3) is 4.65. The van der Waals surface area contributed by atoms with Crippen LogP contribution in [-0.4, -0.2) is 27.3 Å².